The van der Waals surface area contributed by atoms with E-state index in [1.807, 2.05) is 20.8 Å². The summed E-state index contributed by atoms with van der Waals surface area (Å²) >= 11 is 5.78. The molecule has 0 spiro atoms. The number of aliphatic carboxylic acids is 1. The van der Waals surface area contributed by atoms with Crippen molar-refractivity contribution in [3.63, 3.8) is 0 Å². The maximum atomic E-state index is 10.6. The lowest BCUT2D eigenvalue weighted by molar-refractivity contribution is -0.143. The molecule has 0 rings (SSSR count). The highest BCUT2D eigenvalue weighted by atomic mass is 35.5. The summed E-state index contributed by atoms with van der Waals surface area (Å²) in [6.45, 7) is 5.58. The van der Waals surface area contributed by atoms with Crippen LogP contribution in [-0.4, -0.2) is 16.5 Å². The number of carboxylic acid groups (broad SMARTS) is 1. The third kappa shape index (κ3) is 3.10. The van der Waals surface area contributed by atoms with Gasteiger partial charge in [0.1, 0.15) is 0 Å². The number of carboxylic acids is 1. The maximum Gasteiger partial charge on any atom is 0.306 e. The molecule has 0 heterocycles. The van der Waals surface area contributed by atoms with Gasteiger partial charge in [-0.2, -0.15) is 0 Å². The number of hydrogen-bond donors (Lipinski definition) is 1. The Labute approximate surface area is 72.6 Å². The van der Waals surface area contributed by atoms with Crippen molar-refractivity contribution >= 4 is 17.6 Å². The molecule has 0 saturated heterocycles. The van der Waals surface area contributed by atoms with Crippen molar-refractivity contribution < 1.29 is 9.90 Å². The van der Waals surface area contributed by atoms with Crippen LogP contribution in [0.3, 0.4) is 0 Å². The first-order valence-corrected chi connectivity index (χ1v) is 4.31. The van der Waals surface area contributed by atoms with Crippen LogP contribution in [0.5, 0.6) is 0 Å². The van der Waals surface area contributed by atoms with Crippen LogP contribution in [0.25, 0.3) is 0 Å². The van der Waals surface area contributed by atoms with Gasteiger partial charge in [-0.15, -0.1) is 11.6 Å². The van der Waals surface area contributed by atoms with Crippen molar-refractivity contribution in [3.05, 3.63) is 0 Å². The summed E-state index contributed by atoms with van der Waals surface area (Å²) < 4.78 is 0. The lowest BCUT2D eigenvalue weighted by atomic mass is 9.89. The minimum Gasteiger partial charge on any atom is -0.481 e. The zero-order valence-corrected chi connectivity index (χ0v) is 7.93. The molecule has 0 aromatic rings. The highest BCUT2D eigenvalue weighted by molar-refractivity contribution is 6.20. The molecule has 3 heteroatoms. The van der Waals surface area contributed by atoms with E-state index in [-0.39, 0.29) is 17.2 Å². The topological polar surface area (TPSA) is 37.3 Å². The van der Waals surface area contributed by atoms with Gasteiger partial charge in [0.2, 0.25) is 0 Å². The zero-order valence-electron chi connectivity index (χ0n) is 7.17. The first kappa shape index (κ1) is 10.8. The van der Waals surface area contributed by atoms with E-state index in [1.54, 1.807) is 0 Å². The summed E-state index contributed by atoms with van der Waals surface area (Å²) in [6.07, 6.45) is 0.646. The maximum absolute atomic E-state index is 10.6. The third-order valence-corrected chi connectivity index (χ3v) is 2.51. The monoisotopic (exact) mass is 178 g/mol. The van der Waals surface area contributed by atoms with Crippen molar-refractivity contribution in [3.8, 4) is 0 Å². The SMILES string of the molecule is CCC(C(=O)O)C(C)C(C)Cl. The molecule has 3 unspecified atom stereocenters. The molecule has 0 fully saturated rings. The fourth-order valence-electron chi connectivity index (χ4n) is 1.09. The Morgan fingerprint density at radius 3 is 2.09 bits per heavy atom. The van der Waals surface area contributed by atoms with Crippen LogP contribution in [-0.2, 0) is 4.79 Å². The van der Waals surface area contributed by atoms with E-state index in [9.17, 15) is 4.79 Å². The van der Waals surface area contributed by atoms with Gasteiger partial charge in [-0.25, -0.2) is 0 Å². The van der Waals surface area contributed by atoms with Crippen LogP contribution in [0.4, 0.5) is 0 Å². The van der Waals surface area contributed by atoms with E-state index >= 15 is 0 Å². The highest BCUT2D eigenvalue weighted by Crippen LogP contribution is 2.22. The van der Waals surface area contributed by atoms with Gasteiger partial charge in [0.05, 0.1) is 5.92 Å². The third-order valence-electron chi connectivity index (χ3n) is 2.12. The van der Waals surface area contributed by atoms with Gasteiger partial charge in [0.15, 0.2) is 0 Å². The van der Waals surface area contributed by atoms with Crippen LogP contribution >= 0.6 is 11.6 Å². The summed E-state index contributed by atoms with van der Waals surface area (Å²) in [5.74, 6) is -1.01. The Balaban J connectivity index is 4.14. The molecular weight excluding hydrogens is 164 g/mol. The molecular formula is C8H15ClO2. The van der Waals surface area contributed by atoms with E-state index in [0.29, 0.717) is 6.42 Å². The second-order valence-electron chi connectivity index (χ2n) is 2.89. The zero-order chi connectivity index (χ0) is 9.02. The molecule has 0 aromatic heterocycles. The fourth-order valence-corrected chi connectivity index (χ4v) is 1.27. The Bertz CT molecular complexity index is 134. The van der Waals surface area contributed by atoms with E-state index in [1.165, 1.54) is 0 Å². The molecule has 0 aliphatic heterocycles. The summed E-state index contributed by atoms with van der Waals surface area (Å²) in [4.78, 5) is 10.6. The number of halogens is 1. The van der Waals surface area contributed by atoms with Gasteiger partial charge in [-0.3, -0.25) is 4.79 Å². The second-order valence-corrected chi connectivity index (χ2v) is 3.58. The van der Waals surface area contributed by atoms with Gasteiger partial charge in [-0.1, -0.05) is 13.8 Å². The molecule has 11 heavy (non-hydrogen) atoms. The first-order chi connectivity index (χ1) is 5.00. The predicted molar refractivity (Wildman–Crippen MR) is 45.9 cm³/mol. The summed E-state index contributed by atoms with van der Waals surface area (Å²) in [5.41, 5.74) is 0. The van der Waals surface area contributed by atoms with Crippen LogP contribution in [0.1, 0.15) is 27.2 Å². The molecule has 0 aliphatic rings. The lowest BCUT2D eigenvalue weighted by Crippen LogP contribution is -2.25. The molecule has 0 amide bonds. The van der Waals surface area contributed by atoms with Gasteiger partial charge >= 0.3 is 5.97 Å². The van der Waals surface area contributed by atoms with Crippen LogP contribution in [0, 0.1) is 11.8 Å². The Morgan fingerprint density at radius 1 is 1.55 bits per heavy atom. The molecule has 0 aromatic carbocycles. The molecule has 2 nitrogen and oxygen atoms in total. The molecule has 0 saturated carbocycles. The summed E-state index contributed by atoms with van der Waals surface area (Å²) in [6, 6.07) is 0. The quantitative estimate of drug-likeness (QED) is 0.672. The minimum atomic E-state index is -0.743. The Hall–Kier alpha value is -0.240. The van der Waals surface area contributed by atoms with Crippen LogP contribution < -0.4 is 0 Å². The van der Waals surface area contributed by atoms with E-state index in [4.69, 9.17) is 16.7 Å². The normalized spacial score (nSPS) is 18.9. The van der Waals surface area contributed by atoms with Crippen LogP contribution in [0.2, 0.25) is 0 Å². The number of rotatable bonds is 4. The molecule has 66 valence electrons. The van der Waals surface area contributed by atoms with Gasteiger partial charge < -0.3 is 5.11 Å². The fraction of sp³-hybridized carbons (Fsp3) is 0.875. The Morgan fingerprint density at radius 2 is 2.00 bits per heavy atom. The number of hydrogen-bond acceptors (Lipinski definition) is 1. The van der Waals surface area contributed by atoms with Crippen molar-refractivity contribution in [2.45, 2.75) is 32.6 Å². The second kappa shape index (κ2) is 4.60. The standard InChI is InChI=1S/C8H15ClO2/c1-4-7(8(10)11)5(2)6(3)9/h5-7H,4H2,1-3H3,(H,10,11). The lowest BCUT2D eigenvalue weighted by Gasteiger charge is -2.20. The molecule has 0 radical (unpaired) electrons. The largest absolute Gasteiger partial charge is 0.481 e. The average Bonchev–Trinajstić information content (AvgIpc) is 1.88. The molecule has 0 aliphatic carbocycles. The summed E-state index contributed by atoms with van der Waals surface area (Å²) in [7, 11) is 0. The average molecular weight is 179 g/mol. The van der Waals surface area contributed by atoms with Crippen molar-refractivity contribution in [2.24, 2.45) is 11.8 Å². The van der Waals surface area contributed by atoms with Gasteiger partial charge in [0.25, 0.3) is 0 Å². The molecule has 1 N–H and O–H groups in total. The van der Waals surface area contributed by atoms with Gasteiger partial charge in [-0.05, 0) is 19.3 Å². The first-order valence-electron chi connectivity index (χ1n) is 3.87. The van der Waals surface area contributed by atoms with Gasteiger partial charge in [0, 0.05) is 5.38 Å². The molecule has 3 atom stereocenters. The van der Waals surface area contributed by atoms with Crippen molar-refractivity contribution in [2.75, 3.05) is 0 Å². The predicted octanol–water partition coefficient (Wildman–Crippen LogP) is 2.36. The minimum absolute atomic E-state index is 0.0409. The summed E-state index contributed by atoms with van der Waals surface area (Å²) in [5, 5.41) is 8.66. The van der Waals surface area contributed by atoms with Crippen molar-refractivity contribution in [1.82, 2.24) is 0 Å². The van der Waals surface area contributed by atoms with E-state index < -0.39 is 5.97 Å². The smallest absolute Gasteiger partial charge is 0.306 e. The molecule has 0 bridgehead atoms. The van der Waals surface area contributed by atoms with Crippen LogP contribution in [0.15, 0.2) is 0 Å². The van der Waals surface area contributed by atoms with Crippen molar-refractivity contribution in [1.29, 1.82) is 0 Å². The number of carbonyl (C=O) groups is 1. The highest BCUT2D eigenvalue weighted by Gasteiger charge is 2.25. The Kier molecular flexibility index (Phi) is 4.50. The number of alkyl halides is 1. The van der Waals surface area contributed by atoms with E-state index in [2.05, 4.69) is 0 Å². The van der Waals surface area contributed by atoms with E-state index in [0.717, 1.165) is 0 Å².